The predicted molar refractivity (Wildman–Crippen MR) is 71.5 cm³/mol. The lowest BCUT2D eigenvalue weighted by atomic mass is 9.98. The quantitative estimate of drug-likeness (QED) is 0.789. The zero-order valence-electron chi connectivity index (χ0n) is 9.43. The average Bonchev–Trinajstić information content (AvgIpc) is 2.37. The molecule has 0 saturated carbocycles. The van der Waals surface area contributed by atoms with Crippen LogP contribution in [-0.2, 0) is 0 Å². The minimum Gasteiger partial charge on any atom is -0.320 e. The maximum absolute atomic E-state index is 13.9. The van der Waals surface area contributed by atoms with Gasteiger partial charge in [0.1, 0.15) is 17.5 Å². The van der Waals surface area contributed by atoms with Crippen LogP contribution in [0.2, 0.25) is 5.02 Å². The first-order chi connectivity index (χ1) is 8.91. The lowest BCUT2D eigenvalue weighted by molar-refractivity contribution is 0.538. The van der Waals surface area contributed by atoms with E-state index in [1.807, 2.05) is 0 Å². The molecule has 0 aliphatic heterocycles. The van der Waals surface area contributed by atoms with E-state index in [-0.39, 0.29) is 20.6 Å². The summed E-state index contributed by atoms with van der Waals surface area (Å²) in [7, 11) is 0. The van der Waals surface area contributed by atoms with Crippen LogP contribution in [-0.4, -0.2) is 0 Å². The van der Waals surface area contributed by atoms with Gasteiger partial charge < -0.3 is 5.73 Å². The van der Waals surface area contributed by atoms with Gasteiger partial charge >= 0.3 is 0 Å². The Hall–Kier alpha value is -1.04. The van der Waals surface area contributed by atoms with E-state index in [1.165, 1.54) is 18.2 Å². The Labute approximate surface area is 121 Å². The number of rotatable bonds is 2. The van der Waals surface area contributed by atoms with Crippen LogP contribution in [0.4, 0.5) is 13.2 Å². The number of hydrogen-bond donors (Lipinski definition) is 1. The second-order valence-electron chi connectivity index (χ2n) is 3.91. The smallest absolute Gasteiger partial charge is 0.145 e. The van der Waals surface area contributed by atoms with E-state index in [9.17, 15) is 13.2 Å². The second kappa shape index (κ2) is 5.53. The van der Waals surface area contributed by atoms with Gasteiger partial charge in [0, 0.05) is 5.56 Å². The van der Waals surface area contributed by atoms with Gasteiger partial charge in [-0.1, -0.05) is 17.7 Å². The Morgan fingerprint density at radius 1 is 1.05 bits per heavy atom. The van der Waals surface area contributed by atoms with Crippen molar-refractivity contribution in [2.45, 2.75) is 6.04 Å². The van der Waals surface area contributed by atoms with Crippen LogP contribution in [0, 0.1) is 17.5 Å². The maximum Gasteiger partial charge on any atom is 0.145 e. The van der Waals surface area contributed by atoms with Crippen LogP contribution >= 0.6 is 27.5 Å². The Balaban J connectivity index is 2.52. The van der Waals surface area contributed by atoms with Crippen molar-refractivity contribution in [3.05, 3.63) is 68.4 Å². The van der Waals surface area contributed by atoms with Gasteiger partial charge in [-0.15, -0.1) is 0 Å². The van der Waals surface area contributed by atoms with Crippen LogP contribution in [0.15, 0.2) is 34.8 Å². The standard InChI is InChI=1S/C13H8BrClF3N/c14-7-2-4-9(16)11(12(7)18)13(19)6-1-3-8(15)10(17)5-6/h1-5,13H,19H2. The number of halogens is 5. The molecule has 0 saturated heterocycles. The summed E-state index contributed by atoms with van der Waals surface area (Å²) in [5.41, 5.74) is 5.71. The van der Waals surface area contributed by atoms with Gasteiger partial charge in [0.25, 0.3) is 0 Å². The van der Waals surface area contributed by atoms with Gasteiger partial charge in [0.15, 0.2) is 0 Å². The lowest BCUT2D eigenvalue weighted by Crippen LogP contribution is -2.16. The fourth-order valence-electron chi connectivity index (χ4n) is 1.70. The fraction of sp³-hybridized carbons (Fsp3) is 0.0769. The van der Waals surface area contributed by atoms with Gasteiger partial charge in [-0.2, -0.15) is 0 Å². The highest BCUT2D eigenvalue weighted by Crippen LogP contribution is 2.30. The molecule has 0 heterocycles. The molecular formula is C13H8BrClF3N. The molecule has 2 rings (SSSR count). The SMILES string of the molecule is NC(c1ccc(Cl)c(F)c1)c1c(F)ccc(Br)c1F. The van der Waals surface area contributed by atoms with Crippen LogP contribution in [0.5, 0.6) is 0 Å². The molecular weight excluding hydrogens is 343 g/mol. The first kappa shape index (κ1) is 14.4. The molecule has 0 aromatic heterocycles. The predicted octanol–water partition coefficient (Wildman–Crippen LogP) is 4.57. The molecule has 19 heavy (non-hydrogen) atoms. The summed E-state index contributed by atoms with van der Waals surface area (Å²) in [5, 5.41) is -0.0777. The Morgan fingerprint density at radius 3 is 2.37 bits per heavy atom. The van der Waals surface area contributed by atoms with Crippen LogP contribution in [0.25, 0.3) is 0 Å². The third-order valence-corrected chi connectivity index (χ3v) is 3.61. The van der Waals surface area contributed by atoms with Crippen molar-refractivity contribution in [1.29, 1.82) is 0 Å². The molecule has 100 valence electrons. The minimum atomic E-state index is -1.12. The first-order valence-electron chi connectivity index (χ1n) is 5.25. The average molecular weight is 351 g/mol. The van der Waals surface area contributed by atoms with Crippen molar-refractivity contribution in [2.75, 3.05) is 0 Å². The van der Waals surface area contributed by atoms with Gasteiger partial charge in [-0.3, -0.25) is 0 Å². The van der Waals surface area contributed by atoms with Crippen molar-refractivity contribution >= 4 is 27.5 Å². The Kier molecular flexibility index (Phi) is 4.18. The van der Waals surface area contributed by atoms with Crippen molar-refractivity contribution in [1.82, 2.24) is 0 Å². The molecule has 1 atom stereocenters. The summed E-state index contributed by atoms with van der Waals surface area (Å²) in [6, 6.07) is 4.99. The van der Waals surface area contributed by atoms with Crippen LogP contribution in [0.1, 0.15) is 17.2 Å². The van der Waals surface area contributed by atoms with E-state index in [1.54, 1.807) is 0 Å². The third-order valence-electron chi connectivity index (χ3n) is 2.69. The topological polar surface area (TPSA) is 26.0 Å². The summed E-state index contributed by atoms with van der Waals surface area (Å²) in [6.45, 7) is 0. The van der Waals surface area contributed by atoms with E-state index >= 15 is 0 Å². The van der Waals surface area contributed by atoms with Crippen molar-refractivity contribution < 1.29 is 13.2 Å². The summed E-state index contributed by atoms with van der Waals surface area (Å²) in [4.78, 5) is 0. The molecule has 2 aromatic carbocycles. The van der Waals surface area contributed by atoms with E-state index in [4.69, 9.17) is 17.3 Å². The third kappa shape index (κ3) is 2.78. The Morgan fingerprint density at radius 2 is 1.74 bits per heavy atom. The number of hydrogen-bond acceptors (Lipinski definition) is 1. The second-order valence-corrected chi connectivity index (χ2v) is 5.17. The van der Waals surface area contributed by atoms with E-state index < -0.39 is 23.5 Å². The van der Waals surface area contributed by atoms with Crippen molar-refractivity contribution in [3.63, 3.8) is 0 Å². The summed E-state index contributed by atoms with van der Waals surface area (Å²) >= 11 is 8.50. The summed E-state index contributed by atoms with van der Waals surface area (Å²) in [6.07, 6.45) is 0. The highest BCUT2D eigenvalue weighted by atomic mass is 79.9. The van der Waals surface area contributed by atoms with Crippen molar-refractivity contribution in [2.24, 2.45) is 5.73 Å². The van der Waals surface area contributed by atoms with E-state index in [0.29, 0.717) is 0 Å². The highest BCUT2D eigenvalue weighted by Gasteiger charge is 2.21. The molecule has 0 amide bonds. The number of benzene rings is 2. The Bertz CT molecular complexity index is 634. The molecule has 0 fully saturated rings. The summed E-state index contributed by atoms with van der Waals surface area (Å²) in [5.74, 6) is -2.28. The zero-order valence-corrected chi connectivity index (χ0v) is 11.8. The van der Waals surface area contributed by atoms with Gasteiger partial charge in [0.2, 0.25) is 0 Å². The molecule has 2 aromatic rings. The van der Waals surface area contributed by atoms with Gasteiger partial charge in [-0.25, -0.2) is 13.2 Å². The molecule has 2 N–H and O–H groups in total. The monoisotopic (exact) mass is 349 g/mol. The highest BCUT2D eigenvalue weighted by molar-refractivity contribution is 9.10. The molecule has 0 aliphatic carbocycles. The van der Waals surface area contributed by atoms with Gasteiger partial charge in [-0.05, 0) is 45.8 Å². The molecule has 6 heteroatoms. The van der Waals surface area contributed by atoms with Gasteiger partial charge in [0.05, 0.1) is 15.5 Å². The molecule has 0 radical (unpaired) electrons. The zero-order chi connectivity index (χ0) is 14.2. The largest absolute Gasteiger partial charge is 0.320 e. The normalized spacial score (nSPS) is 12.5. The molecule has 0 bridgehead atoms. The lowest BCUT2D eigenvalue weighted by Gasteiger charge is -2.15. The van der Waals surface area contributed by atoms with Crippen molar-refractivity contribution in [3.8, 4) is 0 Å². The molecule has 0 aliphatic rings. The number of nitrogens with two attached hydrogens (primary N) is 1. The van der Waals surface area contributed by atoms with E-state index in [2.05, 4.69) is 15.9 Å². The minimum absolute atomic E-state index is 0.0777. The summed E-state index contributed by atoms with van der Waals surface area (Å²) < 4.78 is 41.0. The maximum atomic E-state index is 13.9. The molecule has 1 nitrogen and oxygen atoms in total. The van der Waals surface area contributed by atoms with Crippen LogP contribution < -0.4 is 5.73 Å². The molecule has 0 spiro atoms. The van der Waals surface area contributed by atoms with E-state index in [0.717, 1.165) is 12.1 Å². The first-order valence-corrected chi connectivity index (χ1v) is 6.43. The molecule has 1 unspecified atom stereocenters. The fourth-order valence-corrected chi connectivity index (χ4v) is 2.16. The van der Waals surface area contributed by atoms with Crippen LogP contribution in [0.3, 0.4) is 0 Å².